The number of aryl methyl sites for hydroxylation is 2. The van der Waals surface area contributed by atoms with E-state index in [4.69, 9.17) is 4.74 Å². The van der Waals surface area contributed by atoms with Gasteiger partial charge in [-0.3, -0.25) is 9.10 Å². The number of amides is 1. The Hall–Kier alpha value is -3.32. The predicted molar refractivity (Wildman–Crippen MR) is 151 cm³/mol. The number of ether oxygens (including phenoxy) is 1. The van der Waals surface area contributed by atoms with Gasteiger partial charge in [-0.25, -0.2) is 8.42 Å². The molecule has 1 aliphatic heterocycles. The highest BCUT2D eigenvalue weighted by Gasteiger charge is 2.42. The maximum Gasteiger partial charge on any atom is 0.251 e. The van der Waals surface area contributed by atoms with Crippen molar-refractivity contribution in [1.29, 1.82) is 0 Å². The molecule has 0 bridgehead atoms. The molecule has 0 saturated heterocycles. The molecule has 7 heteroatoms. The third kappa shape index (κ3) is 5.44. The molecule has 1 heterocycles. The Morgan fingerprint density at radius 2 is 1.61 bits per heavy atom. The summed E-state index contributed by atoms with van der Waals surface area (Å²) in [4.78, 5) is 13.3. The van der Waals surface area contributed by atoms with Gasteiger partial charge in [0.2, 0.25) is 10.0 Å². The summed E-state index contributed by atoms with van der Waals surface area (Å²) in [5.74, 6) is 0.729. The fourth-order valence-electron chi connectivity index (χ4n) is 5.98. The van der Waals surface area contributed by atoms with E-state index < -0.39 is 10.0 Å². The molecule has 0 radical (unpaired) electrons. The number of para-hydroxylation sites is 2. The fraction of sp³-hybridized carbons (Fsp3) is 0.387. The van der Waals surface area contributed by atoms with Crippen molar-refractivity contribution in [1.82, 2.24) is 5.32 Å². The van der Waals surface area contributed by atoms with Crippen LogP contribution in [0, 0.1) is 13.8 Å². The van der Waals surface area contributed by atoms with E-state index in [2.05, 4.69) is 5.32 Å². The van der Waals surface area contributed by atoms with Gasteiger partial charge in [0.1, 0.15) is 11.4 Å². The maximum absolute atomic E-state index is 13.3. The van der Waals surface area contributed by atoms with Crippen molar-refractivity contribution >= 4 is 21.6 Å². The van der Waals surface area contributed by atoms with Crippen LogP contribution in [0.5, 0.6) is 5.75 Å². The smallest absolute Gasteiger partial charge is 0.251 e. The highest BCUT2D eigenvalue weighted by Crippen LogP contribution is 2.46. The number of hydrogen-bond donors (Lipinski definition) is 1. The molecule has 1 saturated carbocycles. The molecule has 3 aromatic rings. The average molecular weight is 533 g/mol. The van der Waals surface area contributed by atoms with Crippen molar-refractivity contribution in [3.63, 3.8) is 0 Å². The minimum absolute atomic E-state index is 0.116. The van der Waals surface area contributed by atoms with Gasteiger partial charge >= 0.3 is 0 Å². The van der Waals surface area contributed by atoms with Gasteiger partial charge in [0, 0.05) is 17.5 Å². The first-order chi connectivity index (χ1) is 18.2. The molecule has 1 aliphatic carbocycles. The lowest BCUT2D eigenvalue weighted by Crippen LogP contribution is -2.46. The number of nitrogens with zero attached hydrogens (tertiary/aromatic N) is 1. The molecule has 200 valence electrons. The van der Waals surface area contributed by atoms with E-state index in [9.17, 15) is 13.2 Å². The number of carbonyl (C=O) groups is 1. The van der Waals surface area contributed by atoms with E-state index in [-0.39, 0.29) is 24.1 Å². The fourth-order valence-corrected chi connectivity index (χ4v) is 6.98. The van der Waals surface area contributed by atoms with Gasteiger partial charge in [0.15, 0.2) is 0 Å². The van der Waals surface area contributed by atoms with Crippen LogP contribution in [-0.2, 0) is 16.6 Å². The van der Waals surface area contributed by atoms with Crippen LogP contribution in [0.3, 0.4) is 0 Å². The second kappa shape index (κ2) is 10.4. The lowest BCUT2D eigenvalue weighted by Gasteiger charge is -2.44. The summed E-state index contributed by atoms with van der Waals surface area (Å²) >= 11 is 0. The Bertz CT molecular complexity index is 1410. The molecule has 1 spiro atoms. The van der Waals surface area contributed by atoms with Gasteiger partial charge in [-0.1, -0.05) is 55.0 Å². The number of nitrogens with one attached hydrogen (secondary N) is 1. The summed E-state index contributed by atoms with van der Waals surface area (Å²) in [6.07, 6.45) is 7.56. The van der Waals surface area contributed by atoms with Gasteiger partial charge in [0.05, 0.1) is 24.5 Å². The normalized spacial score (nSPS) is 18.3. The van der Waals surface area contributed by atoms with E-state index >= 15 is 0 Å². The standard InChI is InChI=1S/C31H36N2O4S/c1-22-10-9-11-23(2)29(22)33(38(3,35)36)21-24-14-16-25(17-15-24)30(34)32-27-20-31(18-7-4-8-19-31)37-28-13-6-5-12-26(27)28/h5-6,9-17,27H,4,7-8,18-21H2,1-3H3,(H,32,34)/t27-/m1/s1. The van der Waals surface area contributed by atoms with Crippen LogP contribution in [0.1, 0.15) is 77.2 Å². The zero-order chi connectivity index (χ0) is 26.9. The first-order valence-electron chi connectivity index (χ1n) is 13.4. The molecule has 38 heavy (non-hydrogen) atoms. The van der Waals surface area contributed by atoms with Gasteiger partial charge < -0.3 is 10.1 Å². The van der Waals surface area contributed by atoms with Crippen molar-refractivity contribution in [2.75, 3.05) is 10.6 Å². The molecule has 1 atom stereocenters. The van der Waals surface area contributed by atoms with Gasteiger partial charge in [-0.15, -0.1) is 0 Å². The van der Waals surface area contributed by atoms with Gasteiger partial charge in [-0.2, -0.15) is 0 Å². The summed E-state index contributed by atoms with van der Waals surface area (Å²) < 4.78 is 33.4. The SMILES string of the molecule is Cc1cccc(C)c1N(Cc1ccc(C(=O)N[C@@H]2CC3(CCCCC3)Oc3ccccc32)cc1)S(C)(=O)=O. The third-order valence-electron chi connectivity index (χ3n) is 7.90. The van der Waals surface area contributed by atoms with E-state index in [0.29, 0.717) is 11.3 Å². The van der Waals surface area contributed by atoms with E-state index in [1.807, 2.05) is 68.4 Å². The number of sulfonamides is 1. The molecule has 0 unspecified atom stereocenters. The number of fused-ring (bicyclic) bond motifs is 1. The van der Waals surface area contributed by atoms with Crippen LogP contribution in [0.25, 0.3) is 0 Å². The van der Waals surface area contributed by atoms with Gasteiger partial charge in [0.25, 0.3) is 5.91 Å². The summed E-state index contributed by atoms with van der Waals surface area (Å²) in [5, 5.41) is 3.26. The third-order valence-corrected chi connectivity index (χ3v) is 9.01. The minimum atomic E-state index is -3.51. The largest absolute Gasteiger partial charge is 0.487 e. The van der Waals surface area contributed by atoms with Gasteiger partial charge in [-0.05, 0) is 74.4 Å². The Kier molecular flexibility index (Phi) is 7.23. The van der Waals surface area contributed by atoms with Crippen LogP contribution in [0.4, 0.5) is 5.69 Å². The lowest BCUT2D eigenvalue weighted by molar-refractivity contribution is -0.00210. The highest BCUT2D eigenvalue weighted by molar-refractivity contribution is 7.92. The van der Waals surface area contributed by atoms with Crippen molar-refractivity contribution in [3.8, 4) is 5.75 Å². The molecule has 1 N–H and O–H groups in total. The highest BCUT2D eigenvalue weighted by atomic mass is 32.2. The lowest BCUT2D eigenvalue weighted by atomic mass is 9.77. The zero-order valence-corrected chi connectivity index (χ0v) is 23.2. The number of anilines is 1. The van der Waals surface area contributed by atoms with Crippen LogP contribution in [0.2, 0.25) is 0 Å². The number of carbonyl (C=O) groups excluding carboxylic acids is 1. The predicted octanol–water partition coefficient (Wildman–Crippen LogP) is 6.23. The summed E-state index contributed by atoms with van der Waals surface area (Å²) in [6.45, 7) is 4.03. The van der Waals surface area contributed by atoms with Crippen molar-refractivity contribution in [2.24, 2.45) is 0 Å². The summed E-state index contributed by atoms with van der Waals surface area (Å²) in [7, 11) is -3.51. The Morgan fingerprint density at radius 1 is 0.947 bits per heavy atom. The average Bonchev–Trinajstić information content (AvgIpc) is 2.88. The number of hydrogen-bond acceptors (Lipinski definition) is 4. The van der Waals surface area contributed by atoms with E-state index in [1.54, 1.807) is 12.1 Å². The van der Waals surface area contributed by atoms with Crippen LogP contribution in [0.15, 0.2) is 66.7 Å². The Morgan fingerprint density at radius 3 is 2.26 bits per heavy atom. The maximum atomic E-state index is 13.3. The molecule has 5 rings (SSSR count). The van der Waals surface area contributed by atoms with Crippen LogP contribution in [-0.4, -0.2) is 26.2 Å². The molecule has 1 amide bonds. The number of rotatable bonds is 6. The van der Waals surface area contributed by atoms with Crippen molar-refractivity contribution < 1.29 is 17.9 Å². The molecule has 0 aromatic heterocycles. The summed E-state index contributed by atoms with van der Waals surface area (Å²) in [6, 6.07) is 20.9. The second-order valence-electron chi connectivity index (χ2n) is 10.8. The molecule has 1 fully saturated rings. The van der Waals surface area contributed by atoms with Crippen molar-refractivity contribution in [3.05, 3.63) is 94.5 Å². The van der Waals surface area contributed by atoms with Crippen LogP contribution < -0.4 is 14.4 Å². The molecular formula is C31H36N2O4S. The monoisotopic (exact) mass is 532 g/mol. The number of benzene rings is 3. The van der Waals surface area contributed by atoms with E-state index in [1.165, 1.54) is 17.0 Å². The Balaban J connectivity index is 1.34. The zero-order valence-electron chi connectivity index (χ0n) is 22.4. The molecule has 6 nitrogen and oxygen atoms in total. The van der Waals surface area contributed by atoms with E-state index in [0.717, 1.165) is 60.1 Å². The summed E-state index contributed by atoms with van der Waals surface area (Å²) in [5.41, 5.74) is 4.67. The minimum Gasteiger partial charge on any atom is -0.487 e. The molecular weight excluding hydrogens is 496 g/mol. The molecule has 3 aromatic carbocycles. The van der Waals surface area contributed by atoms with Crippen molar-refractivity contribution in [2.45, 2.75) is 70.6 Å². The second-order valence-corrected chi connectivity index (χ2v) is 12.7. The topological polar surface area (TPSA) is 75.7 Å². The molecule has 2 aliphatic rings. The van der Waals surface area contributed by atoms with Crippen LogP contribution >= 0.6 is 0 Å². The first-order valence-corrected chi connectivity index (χ1v) is 15.2. The first kappa shape index (κ1) is 26.3. The Labute approximate surface area is 226 Å². The quantitative estimate of drug-likeness (QED) is 0.409.